The summed E-state index contributed by atoms with van der Waals surface area (Å²) < 4.78 is 36.2. The largest absolute Gasteiger partial charge is 0.514 e. The van der Waals surface area contributed by atoms with Crippen molar-refractivity contribution in [1.82, 2.24) is 0 Å². The first-order chi connectivity index (χ1) is 19.2. The number of carbonyl (C=O) groups is 4. The number of carbonyl (C=O) groups excluding carboxylic acids is 4. The highest BCUT2D eigenvalue weighted by Crippen LogP contribution is 2.32. The third-order valence-corrected chi connectivity index (χ3v) is 6.12. The maximum Gasteiger partial charge on any atom is 0.514 e. The molecule has 0 aliphatic heterocycles. The van der Waals surface area contributed by atoms with E-state index in [4.69, 9.17) is 38.9 Å². The monoisotopic (exact) mass is 583 g/mol. The Kier molecular flexibility index (Phi) is 15.0. The van der Waals surface area contributed by atoms with E-state index in [0.717, 1.165) is 0 Å². The van der Waals surface area contributed by atoms with Crippen LogP contribution in [0.15, 0.2) is 18.2 Å². The Morgan fingerprint density at radius 1 is 0.805 bits per heavy atom. The van der Waals surface area contributed by atoms with Gasteiger partial charge in [-0.05, 0) is 63.6 Å². The molecule has 0 fully saturated rings. The average molecular weight is 584 g/mol. The van der Waals surface area contributed by atoms with Crippen molar-refractivity contribution in [2.24, 2.45) is 11.7 Å². The summed E-state index contributed by atoms with van der Waals surface area (Å²) in [5.41, 5.74) is 5.27. The summed E-state index contributed by atoms with van der Waals surface area (Å²) in [7, 11) is 1.19. The van der Waals surface area contributed by atoms with Gasteiger partial charge in [0.1, 0.15) is 23.9 Å². The van der Waals surface area contributed by atoms with Crippen LogP contribution in [0.4, 0.5) is 14.4 Å². The molecule has 0 bridgehead atoms. The van der Waals surface area contributed by atoms with Gasteiger partial charge >= 0.3 is 24.4 Å². The molecule has 0 saturated heterocycles. The highest BCUT2D eigenvalue weighted by atomic mass is 16.8. The van der Waals surface area contributed by atoms with Gasteiger partial charge in [-0.1, -0.05) is 33.8 Å². The Bertz CT molecular complexity index is 1010. The molecule has 0 spiro atoms. The summed E-state index contributed by atoms with van der Waals surface area (Å²) in [6.45, 7) is 12.9. The molecule has 2 N–H and O–H groups in total. The lowest BCUT2D eigenvalue weighted by Crippen LogP contribution is -2.53. The molecular weight excluding hydrogens is 538 g/mol. The topological polar surface area (TPSA) is 159 Å². The number of nitrogens with two attached hydrogens (primary N) is 1. The van der Waals surface area contributed by atoms with Crippen molar-refractivity contribution in [1.29, 1.82) is 0 Å². The van der Waals surface area contributed by atoms with Crippen LogP contribution in [-0.4, -0.2) is 62.0 Å². The molecule has 0 aliphatic rings. The molecular formula is C29H45NO11. The number of esters is 1. The molecule has 2 unspecified atom stereocenters. The van der Waals surface area contributed by atoms with E-state index in [-0.39, 0.29) is 30.9 Å². The van der Waals surface area contributed by atoms with Gasteiger partial charge in [-0.25, -0.2) is 14.4 Å². The number of hydrogen-bond acceptors (Lipinski definition) is 12. The third kappa shape index (κ3) is 13.1. The Morgan fingerprint density at radius 3 is 1.85 bits per heavy atom. The van der Waals surface area contributed by atoms with Crippen LogP contribution >= 0.6 is 0 Å². The second kappa shape index (κ2) is 17.3. The van der Waals surface area contributed by atoms with Crippen molar-refractivity contribution in [3.63, 3.8) is 0 Å². The fourth-order valence-electron chi connectivity index (χ4n) is 3.48. The van der Waals surface area contributed by atoms with E-state index < -0.39 is 48.3 Å². The molecule has 0 saturated carbocycles. The van der Waals surface area contributed by atoms with E-state index in [0.29, 0.717) is 30.7 Å². The molecule has 0 aliphatic carbocycles. The van der Waals surface area contributed by atoms with Crippen molar-refractivity contribution in [3.05, 3.63) is 23.8 Å². The van der Waals surface area contributed by atoms with Gasteiger partial charge in [0, 0.05) is 12.8 Å². The minimum Gasteiger partial charge on any atom is -0.468 e. The Hall–Kier alpha value is -3.54. The van der Waals surface area contributed by atoms with Crippen LogP contribution in [0, 0.1) is 5.92 Å². The molecule has 12 nitrogen and oxygen atoms in total. The minimum absolute atomic E-state index is 0.106. The standard InChI is InChI=1S/C29H45NO11/c1-9-19(5)37-27(33)40-23-12-11-22(15-24(23)41-28(34)38-20(6)10-2)17-29(30,25(31)35-8)16-21(7)39-26(32)36-14-13-18(3)4/h11-12,15,18-21H,9-10,13-14,16-17,30H2,1-8H3/t19-,20?,21-,29?/m0/s1. The van der Waals surface area contributed by atoms with E-state index in [1.54, 1.807) is 20.8 Å². The summed E-state index contributed by atoms with van der Waals surface area (Å²) >= 11 is 0. The fraction of sp³-hybridized carbons (Fsp3) is 0.655. The lowest BCUT2D eigenvalue weighted by Gasteiger charge is -2.29. The zero-order chi connectivity index (χ0) is 31.2. The van der Waals surface area contributed by atoms with Gasteiger partial charge in [-0.2, -0.15) is 0 Å². The summed E-state index contributed by atoms with van der Waals surface area (Å²) in [5.74, 6) is -0.659. The first-order valence-corrected chi connectivity index (χ1v) is 13.8. The van der Waals surface area contributed by atoms with Crippen LogP contribution in [0.1, 0.15) is 79.7 Å². The second-order valence-electron chi connectivity index (χ2n) is 10.4. The number of rotatable bonds is 15. The summed E-state index contributed by atoms with van der Waals surface area (Å²) in [4.78, 5) is 49.4. The molecule has 0 aromatic heterocycles. The third-order valence-electron chi connectivity index (χ3n) is 6.12. The van der Waals surface area contributed by atoms with Crippen LogP contribution in [0.2, 0.25) is 0 Å². The van der Waals surface area contributed by atoms with E-state index in [1.807, 2.05) is 27.7 Å². The first-order valence-electron chi connectivity index (χ1n) is 13.8. The number of benzene rings is 1. The molecule has 0 amide bonds. The van der Waals surface area contributed by atoms with Gasteiger partial charge in [0.25, 0.3) is 0 Å². The second-order valence-corrected chi connectivity index (χ2v) is 10.4. The predicted molar refractivity (Wildman–Crippen MR) is 149 cm³/mol. The highest BCUT2D eigenvalue weighted by molar-refractivity contribution is 5.81. The van der Waals surface area contributed by atoms with Gasteiger partial charge < -0.3 is 38.9 Å². The SMILES string of the molecule is CCC(C)OC(=O)Oc1cc(CC(N)(C[C@H](C)OC(=O)OCCC(C)C)C(=O)OC)ccc1OC(=O)O[C@@H](C)CC. The van der Waals surface area contributed by atoms with Crippen LogP contribution in [-0.2, 0) is 34.9 Å². The molecule has 232 valence electrons. The summed E-state index contributed by atoms with van der Waals surface area (Å²) in [6.07, 6.45) is -2.88. The highest BCUT2D eigenvalue weighted by Gasteiger charge is 2.38. The molecule has 12 heteroatoms. The van der Waals surface area contributed by atoms with Crippen molar-refractivity contribution in [2.45, 2.75) is 104 Å². The number of ether oxygens (including phenoxy) is 7. The van der Waals surface area contributed by atoms with Gasteiger partial charge in [0.2, 0.25) is 0 Å². The zero-order valence-corrected chi connectivity index (χ0v) is 25.4. The normalized spacial score (nSPS) is 14.6. The van der Waals surface area contributed by atoms with Gasteiger partial charge in [0.05, 0.1) is 13.7 Å². The van der Waals surface area contributed by atoms with Gasteiger partial charge in [0.15, 0.2) is 11.5 Å². The van der Waals surface area contributed by atoms with Crippen molar-refractivity contribution < 1.29 is 52.3 Å². The van der Waals surface area contributed by atoms with Crippen LogP contribution in [0.25, 0.3) is 0 Å². The van der Waals surface area contributed by atoms with Crippen LogP contribution in [0.5, 0.6) is 11.5 Å². The molecule has 1 aromatic rings. The number of methoxy groups -OCH3 is 1. The molecule has 1 rings (SSSR count). The average Bonchev–Trinajstić information content (AvgIpc) is 2.88. The zero-order valence-electron chi connectivity index (χ0n) is 25.4. The lowest BCUT2D eigenvalue weighted by atomic mass is 9.86. The molecule has 1 aromatic carbocycles. The van der Waals surface area contributed by atoms with Gasteiger partial charge in [-0.3, -0.25) is 4.79 Å². The molecule has 4 atom stereocenters. The first kappa shape index (κ1) is 35.5. The van der Waals surface area contributed by atoms with Crippen molar-refractivity contribution in [3.8, 4) is 11.5 Å². The van der Waals surface area contributed by atoms with Crippen molar-refractivity contribution >= 4 is 24.4 Å². The maximum absolute atomic E-state index is 12.8. The van der Waals surface area contributed by atoms with Crippen LogP contribution in [0.3, 0.4) is 0 Å². The fourth-order valence-corrected chi connectivity index (χ4v) is 3.48. The van der Waals surface area contributed by atoms with Crippen molar-refractivity contribution in [2.75, 3.05) is 13.7 Å². The van der Waals surface area contributed by atoms with E-state index in [1.165, 1.54) is 25.3 Å². The summed E-state index contributed by atoms with van der Waals surface area (Å²) in [5, 5.41) is 0. The number of hydrogen-bond donors (Lipinski definition) is 1. The Balaban J connectivity index is 3.18. The Labute approximate surface area is 242 Å². The smallest absolute Gasteiger partial charge is 0.468 e. The van der Waals surface area contributed by atoms with E-state index in [2.05, 4.69) is 0 Å². The van der Waals surface area contributed by atoms with Gasteiger partial charge in [-0.15, -0.1) is 0 Å². The quantitative estimate of drug-likeness (QED) is 0.153. The molecule has 0 heterocycles. The lowest BCUT2D eigenvalue weighted by molar-refractivity contribution is -0.148. The Morgan fingerprint density at radius 2 is 1.34 bits per heavy atom. The van der Waals surface area contributed by atoms with Crippen LogP contribution < -0.4 is 15.2 Å². The minimum atomic E-state index is -1.64. The van der Waals surface area contributed by atoms with E-state index in [9.17, 15) is 19.2 Å². The summed E-state index contributed by atoms with van der Waals surface area (Å²) in [6, 6.07) is 4.30. The predicted octanol–water partition coefficient (Wildman–Crippen LogP) is 5.71. The molecule has 41 heavy (non-hydrogen) atoms. The maximum atomic E-state index is 12.8. The molecule has 0 radical (unpaired) electrons. The van der Waals surface area contributed by atoms with E-state index >= 15 is 0 Å².